The standard InChI is InChI=1S/C29H30ClFN4O4/c1-3-38-25-14-20(29(36)37)13-24-28(25)33-26(34(24)2)16-35-11-9-18(10-12-35)23-5-4-6-27(32-23)39-17-19-7-8-21(30)15-22(19)31/h4-8,13-15,18H,3,9-12,16-17H2,1-2H3,(H,36,37). The molecular weight excluding hydrogens is 523 g/mol. The van der Waals surface area contributed by atoms with Crippen LogP contribution in [0.4, 0.5) is 4.39 Å². The molecule has 1 aliphatic rings. The summed E-state index contributed by atoms with van der Waals surface area (Å²) < 4.78 is 27.5. The van der Waals surface area contributed by atoms with E-state index in [9.17, 15) is 14.3 Å². The van der Waals surface area contributed by atoms with Crippen LogP contribution in [0.2, 0.25) is 5.02 Å². The number of carbonyl (C=O) groups is 1. The Hall–Kier alpha value is -3.69. The van der Waals surface area contributed by atoms with E-state index in [1.807, 2.05) is 30.7 Å². The van der Waals surface area contributed by atoms with Gasteiger partial charge in [-0.2, -0.15) is 0 Å². The van der Waals surface area contributed by atoms with E-state index in [1.54, 1.807) is 24.3 Å². The molecule has 0 spiro atoms. The summed E-state index contributed by atoms with van der Waals surface area (Å²) in [4.78, 5) is 23.5. The first-order chi connectivity index (χ1) is 18.8. The number of pyridine rings is 1. The fraction of sp³-hybridized carbons (Fsp3) is 0.345. The quantitative estimate of drug-likeness (QED) is 0.280. The lowest BCUT2D eigenvalue weighted by Gasteiger charge is -2.31. The molecule has 2 aromatic carbocycles. The Morgan fingerprint density at radius 2 is 1.92 bits per heavy atom. The van der Waals surface area contributed by atoms with Crippen molar-refractivity contribution >= 4 is 28.6 Å². The Morgan fingerprint density at radius 1 is 1.13 bits per heavy atom. The van der Waals surface area contributed by atoms with Gasteiger partial charge < -0.3 is 19.1 Å². The third-order valence-corrected chi connectivity index (χ3v) is 7.33. The highest BCUT2D eigenvalue weighted by atomic mass is 35.5. The highest BCUT2D eigenvalue weighted by Crippen LogP contribution is 2.31. The minimum atomic E-state index is -0.997. The highest BCUT2D eigenvalue weighted by molar-refractivity contribution is 6.30. The van der Waals surface area contributed by atoms with Gasteiger partial charge in [-0.3, -0.25) is 4.90 Å². The van der Waals surface area contributed by atoms with Crippen molar-refractivity contribution < 1.29 is 23.8 Å². The largest absolute Gasteiger partial charge is 0.492 e. The maximum atomic E-state index is 14.1. The number of carboxylic acid groups (broad SMARTS) is 1. The number of likely N-dealkylation sites (tertiary alicyclic amines) is 1. The van der Waals surface area contributed by atoms with E-state index in [1.165, 1.54) is 12.1 Å². The lowest BCUT2D eigenvalue weighted by molar-refractivity contribution is 0.0696. The smallest absolute Gasteiger partial charge is 0.335 e. The number of carboxylic acids is 1. The SMILES string of the molecule is CCOc1cc(C(=O)O)cc2c1nc(CN1CCC(c3cccc(OCc4ccc(Cl)cc4F)n3)CC1)n2C. The molecule has 2 aromatic heterocycles. The Balaban J connectivity index is 1.23. The summed E-state index contributed by atoms with van der Waals surface area (Å²) in [6, 6.07) is 13.4. The normalized spacial score (nSPS) is 14.6. The second-order valence-corrected chi connectivity index (χ2v) is 10.1. The van der Waals surface area contributed by atoms with Crippen molar-refractivity contribution in [2.75, 3.05) is 19.7 Å². The molecule has 0 atom stereocenters. The van der Waals surface area contributed by atoms with E-state index in [4.69, 9.17) is 31.0 Å². The van der Waals surface area contributed by atoms with E-state index in [0.29, 0.717) is 46.8 Å². The van der Waals surface area contributed by atoms with Crippen molar-refractivity contribution in [3.8, 4) is 11.6 Å². The van der Waals surface area contributed by atoms with Gasteiger partial charge >= 0.3 is 5.97 Å². The third-order valence-electron chi connectivity index (χ3n) is 7.10. The van der Waals surface area contributed by atoms with Gasteiger partial charge in [-0.15, -0.1) is 0 Å². The number of aromatic nitrogens is 3. The molecule has 0 saturated carbocycles. The number of aryl methyl sites for hydroxylation is 1. The molecule has 3 heterocycles. The van der Waals surface area contributed by atoms with Crippen molar-refractivity contribution in [2.45, 2.75) is 38.8 Å². The van der Waals surface area contributed by atoms with E-state index >= 15 is 0 Å². The predicted octanol–water partition coefficient (Wildman–Crippen LogP) is 5.82. The zero-order valence-corrected chi connectivity index (χ0v) is 22.6. The maximum Gasteiger partial charge on any atom is 0.335 e. The number of halogens is 2. The number of ether oxygens (including phenoxy) is 2. The monoisotopic (exact) mass is 552 g/mol. The maximum absolute atomic E-state index is 14.1. The minimum Gasteiger partial charge on any atom is -0.492 e. The van der Waals surface area contributed by atoms with Gasteiger partial charge in [0.1, 0.15) is 29.5 Å². The Morgan fingerprint density at radius 3 is 2.64 bits per heavy atom. The number of nitrogens with zero attached hydrogens (tertiary/aromatic N) is 4. The fourth-order valence-electron chi connectivity index (χ4n) is 4.95. The van der Waals surface area contributed by atoms with Crippen LogP contribution in [-0.2, 0) is 20.2 Å². The van der Waals surface area contributed by atoms with Gasteiger partial charge in [-0.1, -0.05) is 23.7 Å². The summed E-state index contributed by atoms with van der Waals surface area (Å²) in [7, 11) is 1.91. The zero-order valence-electron chi connectivity index (χ0n) is 21.9. The van der Waals surface area contributed by atoms with Crippen LogP contribution in [0.25, 0.3) is 11.0 Å². The van der Waals surface area contributed by atoms with Crippen LogP contribution >= 0.6 is 11.6 Å². The average molecular weight is 553 g/mol. The van der Waals surface area contributed by atoms with Crippen LogP contribution in [0, 0.1) is 5.82 Å². The number of imidazole rings is 1. The lowest BCUT2D eigenvalue weighted by atomic mass is 9.93. The molecular formula is C29H30ClFN4O4. The van der Waals surface area contributed by atoms with Crippen LogP contribution in [-0.4, -0.2) is 50.2 Å². The summed E-state index contributed by atoms with van der Waals surface area (Å²) in [6.45, 7) is 4.76. The number of benzene rings is 2. The van der Waals surface area contributed by atoms with E-state index in [-0.39, 0.29) is 12.2 Å². The first kappa shape index (κ1) is 26.9. The van der Waals surface area contributed by atoms with Gasteiger partial charge in [0.25, 0.3) is 0 Å². The predicted molar refractivity (Wildman–Crippen MR) is 146 cm³/mol. The first-order valence-corrected chi connectivity index (χ1v) is 13.3. The zero-order chi connectivity index (χ0) is 27.5. The molecule has 204 valence electrons. The Bertz CT molecular complexity index is 1500. The molecule has 4 aromatic rings. The van der Waals surface area contributed by atoms with Crippen molar-refractivity contribution in [3.63, 3.8) is 0 Å². The van der Waals surface area contributed by atoms with Crippen LogP contribution < -0.4 is 9.47 Å². The average Bonchev–Trinajstić information content (AvgIpc) is 3.24. The minimum absolute atomic E-state index is 0.0783. The van der Waals surface area contributed by atoms with E-state index in [2.05, 4.69) is 4.90 Å². The molecule has 0 radical (unpaired) electrons. The molecule has 39 heavy (non-hydrogen) atoms. The number of fused-ring (bicyclic) bond motifs is 1. The van der Waals surface area contributed by atoms with Crippen molar-refractivity contribution in [1.82, 2.24) is 19.4 Å². The van der Waals surface area contributed by atoms with Gasteiger partial charge in [-0.25, -0.2) is 19.2 Å². The lowest BCUT2D eigenvalue weighted by Crippen LogP contribution is -2.33. The third kappa shape index (κ3) is 5.99. The van der Waals surface area contributed by atoms with Crippen molar-refractivity contribution in [2.24, 2.45) is 7.05 Å². The second kappa shape index (κ2) is 11.6. The molecule has 0 bridgehead atoms. The molecule has 5 rings (SSSR count). The summed E-state index contributed by atoms with van der Waals surface area (Å²) in [5.41, 5.74) is 2.98. The van der Waals surface area contributed by atoms with Crippen LogP contribution in [0.1, 0.15) is 53.1 Å². The topological polar surface area (TPSA) is 89.7 Å². The van der Waals surface area contributed by atoms with E-state index < -0.39 is 11.8 Å². The van der Waals surface area contributed by atoms with Crippen LogP contribution in [0.5, 0.6) is 11.6 Å². The molecule has 0 amide bonds. The molecule has 1 fully saturated rings. The summed E-state index contributed by atoms with van der Waals surface area (Å²) >= 11 is 5.83. The number of rotatable bonds is 9. The molecule has 0 aliphatic carbocycles. The highest BCUT2D eigenvalue weighted by Gasteiger charge is 2.24. The van der Waals surface area contributed by atoms with Gasteiger partial charge in [0.2, 0.25) is 5.88 Å². The molecule has 1 N–H and O–H groups in total. The second-order valence-electron chi connectivity index (χ2n) is 9.64. The van der Waals surface area contributed by atoms with Gasteiger partial charge in [0.05, 0.1) is 24.2 Å². The fourth-order valence-corrected chi connectivity index (χ4v) is 5.11. The number of piperidine rings is 1. The molecule has 10 heteroatoms. The summed E-state index contributed by atoms with van der Waals surface area (Å²) in [5.74, 6) is 0.704. The van der Waals surface area contributed by atoms with Crippen LogP contribution in [0.15, 0.2) is 48.5 Å². The van der Waals surface area contributed by atoms with Gasteiger partial charge in [0.15, 0.2) is 0 Å². The van der Waals surface area contributed by atoms with Gasteiger partial charge in [-0.05, 0) is 63.2 Å². The van der Waals surface area contributed by atoms with Crippen LogP contribution in [0.3, 0.4) is 0 Å². The molecule has 1 saturated heterocycles. The van der Waals surface area contributed by atoms with Gasteiger partial charge in [0, 0.05) is 35.3 Å². The molecule has 8 nitrogen and oxygen atoms in total. The Labute approximate surface area is 231 Å². The first-order valence-electron chi connectivity index (χ1n) is 12.9. The summed E-state index contributed by atoms with van der Waals surface area (Å²) in [6.07, 6.45) is 1.86. The van der Waals surface area contributed by atoms with Crippen molar-refractivity contribution in [3.05, 3.63) is 82.0 Å². The number of aromatic carboxylic acids is 1. The number of hydrogen-bond donors (Lipinski definition) is 1. The molecule has 0 unspecified atom stereocenters. The summed E-state index contributed by atoms with van der Waals surface area (Å²) in [5, 5.41) is 9.86. The molecule has 1 aliphatic heterocycles. The van der Waals surface area contributed by atoms with Crippen molar-refractivity contribution in [1.29, 1.82) is 0 Å². The number of hydrogen-bond acceptors (Lipinski definition) is 6. The van der Waals surface area contributed by atoms with E-state index in [0.717, 1.165) is 43.0 Å². The Kier molecular flexibility index (Phi) is 7.99.